The highest BCUT2D eigenvalue weighted by atomic mass is 16.5. The van der Waals surface area contributed by atoms with Crippen LogP contribution in [0.5, 0.6) is 11.5 Å². The maximum Gasteiger partial charge on any atom is 0.259 e. The summed E-state index contributed by atoms with van der Waals surface area (Å²) in [6.07, 6.45) is 1.54. The van der Waals surface area contributed by atoms with Crippen LogP contribution in [0.2, 0.25) is 0 Å². The number of pyridine rings is 1. The molecule has 0 saturated heterocycles. The molecule has 0 unspecified atom stereocenters. The third-order valence-electron chi connectivity index (χ3n) is 4.35. The summed E-state index contributed by atoms with van der Waals surface area (Å²) in [5.74, 6) is 1.72. The molecule has 3 aromatic heterocycles. The van der Waals surface area contributed by atoms with Crippen molar-refractivity contribution in [1.82, 2.24) is 15.5 Å². The van der Waals surface area contributed by atoms with Gasteiger partial charge in [-0.3, -0.25) is 4.79 Å². The van der Waals surface area contributed by atoms with Crippen molar-refractivity contribution >= 4 is 17.0 Å². The molecule has 8 nitrogen and oxygen atoms in total. The van der Waals surface area contributed by atoms with Crippen molar-refractivity contribution in [3.63, 3.8) is 0 Å². The molecule has 1 aromatic carbocycles. The molecule has 1 amide bonds. The van der Waals surface area contributed by atoms with Gasteiger partial charge in [0.2, 0.25) is 0 Å². The molecule has 0 saturated carbocycles. The standard InChI is InChI=1S/C21H19N3O5/c1-13-19-16(12-17(18-4-3-10-28-18)23-21(19)29-24-13)20(25)22-9-11-27-15-7-5-14(26-2)6-8-15/h3-8,10,12H,9,11H2,1-2H3,(H,22,25). The quantitative estimate of drug-likeness (QED) is 0.479. The first-order valence-corrected chi connectivity index (χ1v) is 9.01. The Labute approximate surface area is 166 Å². The predicted octanol–water partition coefficient (Wildman–Crippen LogP) is 3.61. The van der Waals surface area contributed by atoms with Gasteiger partial charge in [-0.05, 0) is 49.4 Å². The number of aryl methyl sites for hydroxylation is 1. The van der Waals surface area contributed by atoms with E-state index in [4.69, 9.17) is 18.4 Å². The lowest BCUT2D eigenvalue weighted by Gasteiger charge is -2.09. The van der Waals surface area contributed by atoms with Gasteiger partial charge >= 0.3 is 0 Å². The smallest absolute Gasteiger partial charge is 0.259 e. The number of benzene rings is 1. The molecule has 29 heavy (non-hydrogen) atoms. The van der Waals surface area contributed by atoms with Crippen LogP contribution in [0, 0.1) is 6.92 Å². The molecule has 0 aliphatic carbocycles. The molecule has 0 aliphatic heterocycles. The molecule has 0 fully saturated rings. The second-order valence-electron chi connectivity index (χ2n) is 6.26. The van der Waals surface area contributed by atoms with Gasteiger partial charge in [-0.15, -0.1) is 0 Å². The number of nitrogens with zero attached hydrogens (tertiary/aromatic N) is 2. The fraction of sp³-hybridized carbons (Fsp3) is 0.190. The molecule has 4 rings (SSSR count). The Morgan fingerprint density at radius 1 is 1.17 bits per heavy atom. The van der Waals surface area contributed by atoms with E-state index in [9.17, 15) is 4.79 Å². The fourth-order valence-electron chi connectivity index (χ4n) is 2.92. The van der Waals surface area contributed by atoms with Gasteiger partial charge in [0.05, 0.1) is 36.6 Å². The van der Waals surface area contributed by atoms with Crippen LogP contribution >= 0.6 is 0 Å². The van der Waals surface area contributed by atoms with Crippen molar-refractivity contribution in [3.05, 3.63) is 60.0 Å². The van der Waals surface area contributed by atoms with E-state index < -0.39 is 0 Å². The lowest BCUT2D eigenvalue weighted by molar-refractivity contribution is 0.0948. The van der Waals surface area contributed by atoms with Crippen LogP contribution in [0.15, 0.2) is 57.7 Å². The summed E-state index contributed by atoms with van der Waals surface area (Å²) >= 11 is 0. The lowest BCUT2D eigenvalue weighted by Crippen LogP contribution is -2.28. The Balaban J connectivity index is 1.46. The van der Waals surface area contributed by atoms with Gasteiger partial charge in [0.1, 0.15) is 23.8 Å². The normalized spacial score (nSPS) is 10.8. The fourth-order valence-corrected chi connectivity index (χ4v) is 2.92. The molecule has 0 radical (unpaired) electrons. The number of rotatable bonds is 7. The van der Waals surface area contributed by atoms with E-state index in [1.165, 1.54) is 0 Å². The second-order valence-corrected chi connectivity index (χ2v) is 6.26. The summed E-state index contributed by atoms with van der Waals surface area (Å²) in [5, 5.41) is 7.36. The Morgan fingerprint density at radius 3 is 2.69 bits per heavy atom. The van der Waals surface area contributed by atoms with E-state index in [1.54, 1.807) is 38.5 Å². The number of aromatic nitrogens is 2. The van der Waals surface area contributed by atoms with Crippen LogP contribution in [0.25, 0.3) is 22.6 Å². The number of methoxy groups -OCH3 is 1. The molecular formula is C21H19N3O5. The van der Waals surface area contributed by atoms with Crippen molar-refractivity contribution in [2.24, 2.45) is 0 Å². The first-order chi connectivity index (χ1) is 14.2. The number of ether oxygens (including phenoxy) is 2. The zero-order chi connectivity index (χ0) is 20.2. The van der Waals surface area contributed by atoms with Gasteiger partial charge < -0.3 is 23.7 Å². The van der Waals surface area contributed by atoms with Gasteiger partial charge in [0, 0.05) is 0 Å². The second kappa shape index (κ2) is 8.05. The van der Waals surface area contributed by atoms with Crippen LogP contribution in [0.3, 0.4) is 0 Å². The lowest BCUT2D eigenvalue weighted by atomic mass is 10.1. The molecule has 0 bridgehead atoms. The summed E-state index contributed by atoms with van der Waals surface area (Å²) in [4.78, 5) is 17.2. The third kappa shape index (κ3) is 3.91. The summed E-state index contributed by atoms with van der Waals surface area (Å²) < 4.78 is 21.4. The number of carbonyl (C=O) groups excluding carboxylic acids is 1. The van der Waals surface area contributed by atoms with Gasteiger partial charge in [-0.25, -0.2) is 4.98 Å². The molecule has 4 aromatic rings. The number of furan rings is 1. The Bertz CT molecular complexity index is 1120. The van der Waals surface area contributed by atoms with Crippen LogP contribution in [-0.2, 0) is 0 Å². The number of fused-ring (bicyclic) bond motifs is 1. The number of carbonyl (C=O) groups is 1. The highest BCUT2D eigenvalue weighted by Crippen LogP contribution is 2.27. The van der Waals surface area contributed by atoms with Crippen molar-refractivity contribution in [2.45, 2.75) is 6.92 Å². The van der Waals surface area contributed by atoms with E-state index in [1.807, 2.05) is 24.3 Å². The molecule has 1 N–H and O–H groups in total. The maximum absolute atomic E-state index is 12.8. The summed E-state index contributed by atoms with van der Waals surface area (Å²) in [5.41, 5.74) is 1.80. The SMILES string of the molecule is COc1ccc(OCCNC(=O)c2cc(-c3ccco3)nc3onc(C)c23)cc1. The van der Waals surface area contributed by atoms with Crippen molar-refractivity contribution in [1.29, 1.82) is 0 Å². The van der Waals surface area contributed by atoms with Crippen LogP contribution in [0.1, 0.15) is 16.1 Å². The Hall–Kier alpha value is -3.81. The van der Waals surface area contributed by atoms with E-state index in [0.29, 0.717) is 47.0 Å². The monoisotopic (exact) mass is 393 g/mol. The first kappa shape index (κ1) is 18.5. The summed E-state index contributed by atoms with van der Waals surface area (Å²) in [6.45, 7) is 2.42. The Morgan fingerprint density at radius 2 is 1.97 bits per heavy atom. The number of amides is 1. The minimum atomic E-state index is -0.269. The summed E-state index contributed by atoms with van der Waals surface area (Å²) in [6, 6.07) is 12.4. The maximum atomic E-state index is 12.8. The van der Waals surface area contributed by atoms with Gasteiger partial charge in [0.15, 0.2) is 5.76 Å². The Kier molecular flexibility index (Phi) is 5.15. The molecule has 0 atom stereocenters. The average Bonchev–Trinajstić information content (AvgIpc) is 3.41. The zero-order valence-electron chi connectivity index (χ0n) is 16.0. The van der Waals surface area contributed by atoms with Crippen molar-refractivity contribution in [3.8, 4) is 23.0 Å². The average molecular weight is 393 g/mol. The summed E-state index contributed by atoms with van der Waals surface area (Å²) in [7, 11) is 1.61. The highest BCUT2D eigenvalue weighted by Gasteiger charge is 2.20. The van der Waals surface area contributed by atoms with Gasteiger partial charge in [-0.2, -0.15) is 0 Å². The number of hydrogen-bond acceptors (Lipinski definition) is 7. The van der Waals surface area contributed by atoms with Gasteiger partial charge in [0.25, 0.3) is 11.6 Å². The minimum absolute atomic E-state index is 0.269. The van der Waals surface area contributed by atoms with E-state index in [2.05, 4.69) is 15.5 Å². The number of nitrogens with one attached hydrogen (secondary N) is 1. The van der Waals surface area contributed by atoms with E-state index in [0.717, 1.165) is 5.75 Å². The molecule has 0 spiro atoms. The van der Waals surface area contributed by atoms with Crippen LogP contribution in [0.4, 0.5) is 0 Å². The minimum Gasteiger partial charge on any atom is -0.497 e. The van der Waals surface area contributed by atoms with Crippen LogP contribution < -0.4 is 14.8 Å². The molecule has 8 heteroatoms. The van der Waals surface area contributed by atoms with E-state index in [-0.39, 0.29) is 11.6 Å². The molecule has 148 valence electrons. The van der Waals surface area contributed by atoms with Crippen molar-refractivity contribution in [2.75, 3.05) is 20.3 Å². The molecule has 3 heterocycles. The van der Waals surface area contributed by atoms with Gasteiger partial charge in [-0.1, -0.05) is 5.16 Å². The van der Waals surface area contributed by atoms with Crippen LogP contribution in [-0.4, -0.2) is 36.3 Å². The predicted molar refractivity (Wildman–Crippen MR) is 105 cm³/mol. The van der Waals surface area contributed by atoms with E-state index >= 15 is 0 Å². The molecule has 0 aliphatic rings. The molecular weight excluding hydrogens is 374 g/mol. The number of hydrogen-bond donors (Lipinski definition) is 1. The van der Waals surface area contributed by atoms with Crippen molar-refractivity contribution < 1.29 is 23.2 Å². The zero-order valence-corrected chi connectivity index (χ0v) is 16.0. The first-order valence-electron chi connectivity index (χ1n) is 9.01. The topological polar surface area (TPSA) is 99.6 Å². The largest absolute Gasteiger partial charge is 0.497 e. The third-order valence-corrected chi connectivity index (χ3v) is 4.35. The highest BCUT2D eigenvalue weighted by molar-refractivity contribution is 6.06.